The van der Waals surface area contributed by atoms with Crippen LogP contribution < -0.4 is 4.90 Å². The number of ketones is 1. The molecule has 1 unspecified atom stereocenters. The summed E-state index contributed by atoms with van der Waals surface area (Å²) in [4.78, 5) is 25.5. The molecule has 0 bridgehead atoms. The second kappa shape index (κ2) is 7.08. The van der Waals surface area contributed by atoms with Gasteiger partial charge in [-0.2, -0.15) is 5.26 Å². The smallest absolute Gasteiger partial charge is 0.310 e. The number of ether oxygens (including phenoxy) is 1. The maximum absolute atomic E-state index is 11.9. The molecule has 1 heterocycles. The van der Waals surface area contributed by atoms with Crippen LogP contribution in [0.2, 0.25) is 0 Å². The number of anilines is 1. The van der Waals surface area contributed by atoms with Crippen molar-refractivity contribution in [2.75, 3.05) is 24.6 Å². The van der Waals surface area contributed by atoms with Crippen LogP contribution in [0.4, 0.5) is 5.69 Å². The summed E-state index contributed by atoms with van der Waals surface area (Å²) in [6.45, 7) is 4.96. The van der Waals surface area contributed by atoms with Crippen LogP contribution in [-0.2, 0) is 9.53 Å². The lowest BCUT2D eigenvalue weighted by molar-refractivity contribution is -0.148. The number of Topliss-reactive ketones (excluding diaryl/α,β-unsaturated/α-hetero) is 1. The van der Waals surface area contributed by atoms with Crippen molar-refractivity contribution in [1.29, 1.82) is 5.26 Å². The highest BCUT2D eigenvalue weighted by molar-refractivity contribution is 5.95. The monoisotopic (exact) mass is 300 g/mol. The van der Waals surface area contributed by atoms with Gasteiger partial charge in [0.2, 0.25) is 0 Å². The summed E-state index contributed by atoms with van der Waals surface area (Å²) >= 11 is 0. The number of piperidine rings is 1. The summed E-state index contributed by atoms with van der Waals surface area (Å²) in [6, 6.07) is 7.23. The third-order valence-electron chi connectivity index (χ3n) is 3.91. The minimum atomic E-state index is -0.187. The molecule has 1 atom stereocenters. The summed E-state index contributed by atoms with van der Waals surface area (Å²) in [6.07, 6.45) is 1.66. The van der Waals surface area contributed by atoms with E-state index in [0.717, 1.165) is 25.1 Å². The summed E-state index contributed by atoms with van der Waals surface area (Å²) in [5.41, 5.74) is 1.82. The molecule has 1 aliphatic heterocycles. The average Bonchev–Trinajstić information content (AvgIpc) is 2.54. The van der Waals surface area contributed by atoms with Crippen molar-refractivity contribution in [1.82, 2.24) is 0 Å². The fraction of sp³-hybridized carbons (Fsp3) is 0.471. The molecule has 1 aliphatic rings. The van der Waals surface area contributed by atoms with E-state index in [2.05, 4.69) is 6.07 Å². The van der Waals surface area contributed by atoms with Gasteiger partial charge < -0.3 is 9.64 Å². The van der Waals surface area contributed by atoms with E-state index in [-0.39, 0.29) is 17.7 Å². The minimum Gasteiger partial charge on any atom is -0.466 e. The summed E-state index contributed by atoms with van der Waals surface area (Å²) < 4.78 is 5.10. The molecule has 1 fully saturated rings. The molecule has 0 aromatic heterocycles. The van der Waals surface area contributed by atoms with Crippen molar-refractivity contribution >= 4 is 17.4 Å². The Balaban J connectivity index is 2.26. The third-order valence-corrected chi connectivity index (χ3v) is 3.91. The van der Waals surface area contributed by atoms with Gasteiger partial charge in [-0.05, 0) is 44.9 Å². The number of benzene rings is 1. The first-order valence-corrected chi connectivity index (χ1v) is 7.53. The number of hydrogen-bond acceptors (Lipinski definition) is 5. The van der Waals surface area contributed by atoms with Gasteiger partial charge >= 0.3 is 5.97 Å². The van der Waals surface area contributed by atoms with Crippen LogP contribution in [0, 0.1) is 17.2 Å². The van der Waals surface area contributed by atoms with Gasteiger partial charge in [0.1, 0.15) is 6.07 Å². The normalized spacial score (nSPS) is 17.7. The molecule has 5 nitrogen and oxygen atoms in total. The fourth-order valence-electron chi connectivity index (χ4n) is 2.76. The van der Waals surface area contributed by atoms with Crippen LogP contribution in [0.15, 0.2) is 18.2 Å². The zero-order valence-corrected chi connectivity index (χ0v) is 13.0. The highest BCUT2D eigenvalue weighted by Gasteiger charge is 2.28. The van der Waals surface area contributed by atoms with Gasteiger partial charge in [-0.15, -0.1) is 0 Å². The molecule has 22 heavy (non-hydrogen) atoms. The Labute approximate surface area is 130 Å². The molecule has 0 saturated carbocycles. The van der Waals surface area contributed by atoms with Crippen LogP contribution in [0.3, 0.4) is 0 Å². The Morgan fingerprint density at radius 3 is 2.86 bits per heavy atom. The van der Waals surface area contributed by atoms with E-state index in [1.54, 1.807) is 25.1 Å². The van der Waals surface area contributed by atoms with E-state index in [1.165, 1.54) is 6.92 Å². The summed E-state index contributed by atoms with van der Waals surface area (Å²) in [7, 11) is 0. The molecular formula is C17H20N2O3. The van der Waals surface area contributed by atoms with Crippen molar-refractivity contribution < 1.29 is 14.3 Å². The van der Waals surface area contributed by atoms with E-state index in [1.807, 2.05) is 4.90 Å². The Hall–Kier alpha value is -2.35. The van der Waals surface area contributed by atoms with Crippen molar-refractivity contribution in [2.24, 2.45) is 5.92 Å². The maximum atomic E-state index is 11.9. The summed E-state index contributed by atoms with van der Waals surface area (Å²) in [5.74, 6) is -0.403. The number of rotatable bonds is 4. The molecule has 0 N–H and O–H groups in total. The Kier molecular flexibility index (Phi) is 5.16. The van der Waals surface area contributed by atoms with E-state index in [9.17, 15) is 14.9 Å². The van der Waals surface area contributed by atoms with Crippen LogP contribution in [0.25, 0.3) is 0 Å². The van der Waals surface area contributed by atoms with Gasteiger partial charge in [-0.3, -0.25) is 9.59 Å². The Morgan fingerprint density at radius 2 is 2.23 bits per heavy atom. The standard InChI is InChI=1S/C17H20N2O3/c1-3-22-17(21)15-5-4-8-19(11-15)16-9-13(12(2)20)6-7-14(16)10-18/h6-7,9,15H,3-5,8,11H2,1-2H3. The molecule has 5 heteroatoms. The molecule has 1 saturated heterocycles. The Morgan fingerprint density at radius 1 is 1.45 bits per heavy atom. The van der Waals surface area contributed by atoms with Crippen LogP contribution in [-0.4, -0.2) is 31.4 Å². The van der Waals surface area contributed by atoms with Gasteiger partial charge in [0.05, 0.1) is 23.8 Å². The van der Waals surface area contributed by atoms with E-state index in [4.69, 9.17) is 4.74 Å². The van der Waals surface area contributed by atoms with Crippen LogP contribution in [0.5, 0.6) is 0 Å². The highest BCUT2D eigenvalue weighted by atomic mass is 16.5. The lowest BCUT2D eigenvalue weighted by Crippen LogP contribution is -2.39. The van der Waals surface area contributed by atoms with Gasteiger partial charge in [-0.25, -0.2) is 0 Å². The van der Waals surface area contributed by atoms with Gasteiger partial charge in [0.25, 0.3) is 0 Å². The predicted octanol–water partition coefficient (Wildman–Crippen LogP) is 2.54. The molecule has 1 aromatic carbocycles. The molecule has 116 valence electrons. The van der Waals surface area contributed by atoms with Crippen LogP contribution >= 0.6 is 0 Å². The third kappa shape index (κ3) is 3.45. The van der Waals surface area contributed by atoms with E-state index in [0.29, 0.717) is 24.3 Å². The molecular weight excluding hydrogens is 280 g/mol. The van der Waals surface area contributed by atoms with Gasteiger partial charge in [0, 0.05) is 18.7 Å². The zero-order valence-electron chi connectivity index (χ0n) is 13.0. The van der Waals surface area contributed by atoms with Crippen LogP contribution in [0.1, 0.15) is 42.6 Å². The van der Waals surface area contributed by atoms with Crippen molar-refractivity contribution in [3.05, 3.63) is 29.3 Å². The quantitative estimate of drug-likeness (QED) is 0.631. The second-order valence-corrected chi connectivity index (χ2v) is 5.44. The van der Waals surface area contributed by atoms with Gasteiger partial charge in [0.15, 0.2) is 5.78 Å². The van der Waals surface area contributed by atoms with Crippen molar-refractivity contribution in [3.8, 4) is 6.07 Å². The first-order valence-electron chi connectivity index (χ1n) is 7.53. The Bertz CT molecular complexity index is 619. The topological polar surface area (TPSA) is 70.4 Å². The van der Waals surface area contributed by atoms with Gasteiger partial charge in [-0.1, -0.05) is 0 Å². The number of carbonyl (C=O) groups is 2. The SMILES string of the molecule is CCOC(=O)C1CCCN(c2cc(C(C)=O)ccc2C#N)C1. The second-order valence-electron chi connectivity index (χ2n) is 5.44. The molecule has 2 rings (SSSR count). The predicted molar refractivity (Wildman–Crippen MR) is 82.7 cm³/mol. The maximum Gasteiger partial charge on any atom is 0.310 e. The molecule has 0 spiro atoms. The van der Waals surface area contributed by atoms with E-state index < -0.39 is 0 Å². The fourth-order valence-corrected chi connectivity index (χ4v) is 2.76. The first kappa shape index (κ1) is 16.0. The zero-order chi connectivity index (χ0) is 16.1. The molecule has 0 amide bonds. The lowest BCUT2D eigenvalue weighted by Gasteiger charge is -2.33. The number of nitrogens with zero attached hydrogens (tertiary/aromatic N) is 2. The summed E-state index contributed by atoms with van der Waals surface area (Å²) in [5, 5.41) is 9.28. The first-order chi connectivity index (χ1) is 10.6. The number of carbonyl (C=O) groups excluding carboxylic acids is 2. The average molecular weight is 300 g/mol. The number of hydrogen-bond donors (Lipinski definition) is 0. The number of esters is 1. The van der Waals surface area contributed by atoms with Crippen molar-refractivity contribution in [2.45, 2.75) is 26.7 Å². The lowest BCUT2D eigenvalue weighted by atomic mass is 9.96. The largest absolute Gasteiger partial charge is 0.466 e. The minimum absolute atomic E-state index is 0.0373. The highest BCUT2D eigenvalue weighted by Crippen LogP contribution is 2.28. The van der Waals surface area contributed by atoms with Crippen molar-refractivity contribution in [3.63, 3.8) is 0 Å². The molecule has 1 aromatic rings. The molecule has 0 aliphatic carbocycles. The number of nitriles is 1. The molecule has 0 radical (unpaired) electrons. The van der Waals surface area contributed by atoms with E-state index >= 15 is 0 Å².